The lowest BCUT2D eigenvalue weighted by atomic mass is 10.1. The van der Waals surface area contributed by atoms with Crippen LogP contribution in [0.25, 0.3) is 0 Å². The van der Waals surface area contributed by atoms with Crippen molar-refractivity contribution in [1.29, 1.82) is 0 Å². The van der Waals surface area contributed by atoms with Gasteiger partial charge in [0.15, 0.2) is 18.1 Å². The third-order valence-electron chi connectivity index (χ3n) is 3.51. The Balaban J connectivity index is 2.00. The van der Waals surface area contributed by atoms with E-state index in [-0.39, 0.29) is 10.7 Å². The fourth-order valence-corrected chi connectivity index (χ4v) is 2.71. The molecule has 0 atom stereocenters. The first-order chi connectivity index (χ1) is 12.3. The average molecular weight is 379 g/mol. The highest BCUT2D eigenvalue weighted by Crippen LogP contribution is 2.29. The molecule has 26 heavy (non-hydrogen) atoms. The topological polar surface area (TPSA) is 86.8 Å². The number of esters is 1. The molecule has 2 aromatic rings. The molecule has 138 valence electrons. The number of halogens is 1. The van der Waals surface area contributed by atoms with E-state index in [4.69, 9.17) is 25.8 Å². The summed E-state index contributed by atoms with van der Waals surface area (Å²) in [4.78, 5) is 28.2. The number of hydrogen-bond donors (Lipinski definition) is 1. The molecule has 1 aromatic carbocycles. The Morgan fingerprint density at radius 1 is 1.12 bits per heavy atom. The lowest BCUT2D eigenvalue weighted by Crippen LogP contribution is -2.21. The molecule has 0 unspecified atom stereocenters. The van der Waals surface area contributed by atoms with Crippen LogP contribution < -0.4 is 14.8 Å². The number of hydrogen-bond acceptors (Lipinski definition) is 6. The number of aromatic nitrogens is 1. The minimum Gasteiger partial charge on any atom is -0.493 e. The van der Waals surface area contributed by atoms with E-state index < -0.39 is 18.5 Å². The Morgan fingerprint density at radius 2 is 1.81 bits per heavy atom. The maximum Gasteiger partial charge on any atom is 0.342 e. The van der Waals surface area contributed by atoms with E-state index in [1.807, 2.05) is 0 Å². The molecule has 0 spiro atoms. The van der Waals surface area contributed by atoms with Crippen molar-refractivity contribution in [3.05, 3.63) is 46.2 Å². The van der Waals surface area contributed by atoms with Gasteiger partial charge in [0.05, 0.1) is 19.8 Å². The number of nitrogens with zero attached hydrogens (tertiary/aromatic N) is 1. The van der Waals surface area contributed by atoms with Gasteiger partial charge in [-0.25, -0.2) is 9.78 Å². The Labute approximate surface area is 156 Å². The molecule has 2 rings (SSSR count). The SMILES string of the molecule is COc1ccc(NC(=O)COC(=O)c2c(C)cc(C)nc2Cl)cc1OC. The van der Waals surface area contributed by atoms with Gasteiger partial charge in [0.25, 0.3) is 5.91 Å². The summed E-state index contributed by atoms with van der Waals surface area (Å²) in [5.41, 5.74) is 1.95. The number of rotatable bonds is 6. The molecule has 0 saturated carbocycles. The molecule has 0 radical (unpaired) electrons. The molecular weight excluding hydrogens is 360 g/mol. The number of pyridine rings is 1. The second-order valence-corrected chi connectivity index (χ2v) is 5.80. The van der Waals surface area contributed by atoms with Crippen LogP contribution in [0.1, 0.15) is 21.6 Å². The molecule has 0 bridgehead atoms. The molecular formula is C18H19ClN2O5. The fraction of sp³-hybridized carbons (Fsp3) is 0.278. The van der Waals surface area contributed by atoms with Gasteiger partial charge in [-0.15, -0.1) is 0 Å². The summed E-state index contributed by atoms with van der Waals surface area (Å²) < 4.78 is 15.3. The van der Waals surface area contributed by atoms with Crippen LogP contribution in [-0.4, -0.2) is 37.7 Å². The van der Waals surface area contributed by atoms with Gasteiger partial charge in [-0.05, 0) is 37.6 Å². The van der Waals surface area contributed by atoms with Crippen molar-refractivity contribution < 1.29 is 23.8 Å². The number of nitrogens with one attached hydrogen (secondary N) is 1. The summed E-state index contributed by atoms with van der Waals surface area (Å²) in [7, 11) is 3.01. The Bertz CT molecular complexity index is 815. The van der Waals surface area contributed by atoms with Gasteiger partial charge in [0.2, 0.25) is 0 Å². The van der Waals surface area contributed by atoms with Gasteiger partial charge in [-0.2, -0.15) is 0 Å². The van der Waals surface area contributed by atoms with Crippen molar-refractivity contribution in [2.75, 3.05) is 26.1 Å². The maximum atomic E-state index is 12.2. The van der Waals surface area contributed by atoms with E-state index in [9.17, 15) is 9.59 Å². The second kappa shape index (κ2) is 8.53. The average Bonchev–Trinajstić information content (AvgIpc) is 2.59. The van der Waals surface area contributed by atoms with Crippen LogP contribution in [-0.2, 0) is 9.53 Å². The van der Waals surface area contributed by atoms with Crippen LogP contribution in [0.15, 0.2) is 24.3 Å². The van der Waals surface area contributed by atoms with E-state index >= 15 is 0 Å². The zero-order valence-corrected chi connectivity index (χ0v) is 15.6. The van der Waals surface area contributed by atoms with Gasteiger partial charge in [0, 0.05) is 17.4 Å². The summed E-state index contributed by atoms with van der Waals surface area (Å²) in [5.74, 6) is -0.203. The van der Waals surface area contributed by atoms with E-state index in [2.05, 4.69) is 10.3 Å². The predicted molar refractivity (Wildman–Crippen MR) is 97.2 cm³/mol. The van der Waals surface area contributed by atoms with Gasteiger partial charge >= 0.3 is 5.97 Å². The van der Waals surface area contributed by atoms with Gasteiger partial charge < -0.3 is 19.5 Å². The number of anilines is 1. The first kappa shape index (κ1) is 19.5. The number of methoxy groups -OCH3 is 2. The normalized spacial score (nSPS) is 10.2. The first-order valence-corrected chi connectivity index (χ1v) is 8.06. The van der Waals surface area contributed by atoms with Crippen LogP contribution in [0.3, 0.4) is 0 Å². The van der Waals surface area contributed by atoms with Crippen LogP contribution in [0, 0.1) is 13.8 Å². The molecule has 0 saturated heterocycles. The lowest BCUT2D eigenvalue weighted by Gasteiger charge is -2.11. The number of amides is 1. The molecule has 0 aliphatic heterocycles. The number of benzene rings is 1. The standard InChI is InChI=1S/C18H19ClN2O5/c1-10-7-11(2)20-17(19)16(10)18(23)26-9-15(22)21-12-5-6-13(24-3)14(8-12)25-4/h5-8H,9H2,1-4H3,(H,21,22). The first-order valence-electron chi connectivity index (χ1n) is 7.68. The summed E-state index contributed by atoms with van der Waals surface area (Å²) >= 11 is 6.00. The number of carbonyl (C=O) groups is 2. The van der Waals surface area contributed by atoms with Gasteiger partial charge in [0.1, 0.15) is 5.15 Å². The minimum atomic E-state index is -0.706. The van der Waals surface area contributed by atoms with Gasteiger partial charge in [-0.3, -0.25) is 4.79 Å². The van der Waals surface area contributed by atoms with Crippen LogP contribution in [0.2, 0.25) is 5.15 Å². The summed E-state index contributed by atoms with van der Waals surface area (Å²) in [6.45, 7) is 3.03. The lowest BCUT2D eigenvalue weighted by molar-refractivity contribution is -0.119. The summed E-state index contributed by atoms with van der Waals surface area (Å²) in [5, 5.41) is 2.66. The maximum absolute atomic E-state index is 12.2. The number of ether oxygens (including phenoxy) is 3. The second-order valence-electron chi connectivity index (χ2n) is 5.44. The molecule has 1 N–H and O–H groups in total. The predicted octanol–water partition coefficient (Wildman–Crippen LogP) is 3.16. The van der Waals surface area contributed by atoms with Crippen molar-refractivity contribution in [3.63, 3.8) is 0 Å². The third kappa shape index (κ3) is 4.64. The van der Waals surface area contributed by atoms with Crippen molar-refractivity contribution in [3.8, 4) is 11.5 Å². The smallest absolute Gasteiger partial charge is 0.342 e. The Morgan fingerprint density at radius 3 is 2.42 bits per heavy atom. The Kier molecular flexibility index (Phi) is 6.41. The highest BCUT2D eigenvalue weighted by molar-refractivity contribution is 6.32. The van der Waals surface area contributed by atoms with Crippen molar-refractivity contribution in [1.82, 2.24) is 4.98 Å². The molecule has 1 aromatic heterocycles. The monoisotopic (exact) mass is 378 g/mol. The summed E-state index contributed by atoms with van der Waals surface area (Å²) in [6.07, 6.45) is 0. The van der Waals surface area contributed by atoms with Crippen molar-refractivity contribution in [2.45, 2.75) is 13.8 Å². The molecule has 0 fully saturated rings. The molecule has 1 heterocycles. The van der Waals surface area contributed by atoms with Crippen LogP contribution in [0.4, 0.5) is 5.69 Å². The highest BCUT2D eigenvalue weighted by atomic mass is 35.5. The highest BCUT2D eigenvalue weighted by Gasteiger charge is 2.18. The van der Waals surface area contributed by atoms with E-state index in [0.717, 1.165) is 0 Å². The zero-order valence-electron chi connectivity index (χ0n) is 14.9. The number of aryl methyl sites for hydroxylation is 2. The zero-order chi connectivity index (χ0) is 19.3. The molecule has 7 nitrogen and oxygen atoms in total. The molecule has 8 heteroatoms. The molecule has 0 aliphatic carbocycles. The van der Waals surface area contributed by atoms with Gasteiger partial charge in [-0.1, -0.05) is 11.6 Å². The Hall–Kier alpha value is -2.80. The largest absolute Gasteiger partial charge is 0.493 e. The molecule has 1 amide bonds. The molecule has 0 aliphatic rings. The fourth-order valence-electron chi connectivity index (χ4n) is 2.35. The van der Waals surface area contributed by atoms with Crippen LogP contribution in [0.5, 0.6) is 11.5 Å². The van der Waals surface area contributed by atoms with E-state index in [1.54, 1.807) is 38.1 Å². The van der Waals surface area contributed by atoms with Crippen molar-refractivity contribution >= 4 is 29.2 Å². The van der Waals surface area contributed by atoms with E-state index in [0.29, 0.717) is 28.4 Å². The van der Waals surface area contributed by atoms with Crippen molar-refractivity contribution in [2.24, 2.45) is 0 Å². The van der Waals surface area contributed by atoms with Crippen LogP contribution >= 0.6 is 11.6 Å². The quantitative estimate of drug-likeness (QED) is 0.613. The summed E-state index contributed by atoms with van der Waals surface area (Å²) in [6, 6.07) is 6.61. The van der Waals surface area contributed by atoms with E-state index in [1.165, 1.54) is 14.2 Å². The third-order valence-corrected chi connectivity index (χ3v) is 3.78. The number of carbonyl (C=O) groups excluding carboxylic acids is 2. The minimum absolute atomic E-state index is 0.0489.